The van der Waals surface area contributed by atoms with E-state index >= 15 is 0 Å². The van der Waals surface area contributed by atoms with Gasteiger partial charge in [-0.3, -0.25) is 0 Å². The van der Waals surface area contributed by atoms with Gasteiger partial charge in [0.1, 0.15) is 0 Å². The predicted octanol–water partition coefficient (Wildman–Crippen LogP) is 4.99. The van der Waals surface area contributed by atoms with Gasteiger partial charge in [-0.25, -0.2) is 0 Å². The molecule has 0 aromatic heterocycles. The number of methoxy groups -OCH3 is 1. The van der Waals surface area contributed by atoms with Crippen molar-refractivity contribution >= 4 is 0 Å². The average molecular weight is 280 g/mol. The van der Waals surface area contributed by atoms with E-state index < -0.39 is 18.7 Å². The van der Waals surface area contributed by atoms with Crippen LogP contribution in [0.1, 0.15) is 18.1 Å². The second-order valence-electron chi connectivity index (χ2n) is 4.53. The molecule has 0 saturated carbocycles. The first kappa shape index (κ1) is 14.6. The van der Waals surface area contributed by atoms with Crippen molar-refractivity contribution < 1.29 is 17.9 Å². The van der Waals surface area contributed by atoms with Gasteiger partial charge in [-0.05, 0) is 16.7 Å². The number of benzene rings is 2. The highest BCUT2D eigenvalue weighted by molar-refractivity contribution is 5.63. The van der Waals surface area contributed by atoms with Crippen LogP contribution >= 0.6 is 0 Å². The Kier molecular flexibility index (Phi) is 4.45. The largest absolute Gasteiger partial charge is 0.391 e. The van der Waals surface area contributed by atoms with Crippen molar-refractivity contribution in [1.29, 1.82) is 0 Å². The van der Waals surface area contributed by atoms with Crippen molar-refractivity contribution in [2.45, 2.75) is 18.7 Å². The van der Waals surface area contributed by atoms with Gasteiger partial charge >= 0.3 is 6.18 Å². The zero-order valence-electron chi connectivity index (χ0n) is 11.0. The Morgan fingerprint density at radius 2 is 1.45 bits per heavy atom. The van der Waals surface area contributed by atoms with Gasteiger partial charge in [-0.1, -0.05) is 54.6 Å². The predicted molar refractivity (Wildman–Crippen MR) is 72.3 cm³/mol. The monoisotopic (exact) mass is 280 g/mol. The Labute approximate surface area is 116 Å². The number of rotatable bonds is 4. The van der Waals surface area contributed by atoms with Crippen molar-refractivity contribution in [1.82, 2.24) is 0 Å². The molecule has 2 aromatic rings. The Morgan fingerprint density at radius 1 is 0.900 bits per heavy atom. The van der Waals surface area contributed by atoms with Crippen LogP contribution in [0.15, 0.2) is 54.6 Å². The third-order valence-corrected chi connectivity index (χ3v) is 3.09. The summed E-state index contributed by atoms with van der Waals surface area (Å²) < 4.78 is 42.3. The molecule has 0 heterocycles. The maximum Gasteiger partial charge on any atom is 0.391 e. The summed E-state index contributed by atoms with van der Waals surface area (Å²) in [5, 5.41) is 0. The van der Waals surface area contributed by atoms with Crippen LogP contribution in [-0.4, -0.2) is 13.3 Å². The van der Waals surface area contributed by atoms with Gasteiger partial charge in [0.25, 0.3) is 0 Å². The summed E-state index contributed by atoms with van der Waals surface area (Å²) in [5.41, 5.74) is 2.53. The zero-order chi connectivity index (χ0) is 14.6. The fraction of sp³-hybridized carbons (Fsp3) is 0.250. The van der Waals surface area contributed by atoms with Crippen LogP contribution in [0.4, 0.5) is 13.2 Å². The van der Waals surface area contributed by atoms with Crippen LogP contribution in [-0.2, 0) is 4.74 Å². The molecular formula is C16H15F3O. The number of hydrogen-bond donors (Lipinski definition) is 0. The molecule has 0 N–H and O–H groups in total. The first-order valence-corrected chi connectivity index (χ1v) is 6.24. The number of alkyl halides is 3. The van der Waals surface area contributed by atoms with Crippen LogP contribution < -0.4 is 0 Å². The van der Waals surface area contributed by atoms with Gasteiger partial charge < -0.3 is 4.74 Å². The summed E-state index contributed by atoms with van der Waals surface area (Å²) in [6.45, 7) is 0. The summed E-state index contributed by atoms with van der Waals surface area (Å²) in [6, 6.07) is 16.7. The Morgan fingerprint density at radius 3 is 1.95 bits per heavy atom. The lowest BCUT2D eigenvalue weighted by atomic mass is 10.0. The van der Waals surface area contributed by atoms with Crippen molar-refractivity contribution in [3.63, 3.8) is 0 Å². The highest BCUT2D eigenvalue weighted by atomic mass is 19.4. The van der Waals surface area contributed by atoms with Crippen LogP contribution in [0.25, 0.3) is 11.1 Å². The van der Waals surface area contributed by atoms with Crippen LogP contribution in [0.5, 0.6) is 0 Å². The first-order valence-electron chi connectivity index (χ1n) is 6.24. The molecule has 1 unspecified atom stereocenters. The zero-order valence-corrected chi connectivity index (χ0v) is 11.0. The molecule has 2 aromatic carbocycles. The minimum absolute atomic E-state index is 0.532. The maximum absolute atomic E-state index is 12.4. The normalized spacial score (nSPS) is 13.2. The Hall–Kier alpha value is -1.81. The maximum atomic E-state index is 12.4. The van der Waals surface area contributed by atoms with Gasteiger partial charge in [0.2, 0.25) is 0 Å². The number of ether oxygens (including phenoxy) is 1. The molecule has 20 heavy (non-hydrogen) atoms. The molecule has 0 spiro atoms. The van der Waals surface area contributed by atoms with E-state index in [4.69, 9.17) is 4.74 Å². The smallest absolute Gasteiger partial charge is 0.376 e. The van der Waals surface area contributed by atoms with Crippen LogP contribution in [0, 0.1) is 0 Å². The topological polar surface area (TPSA) is 9.23 Å². The molecule has 0 fully saturated rings. The van der Waals surface area contributed by atoms with E-state index in [1.165, 1.54) is 7.11 Å². The van der Waals surface area contributed by atoms with E-state index in [1.54, 1.807) is 12.1 Å². The Bertz CT molecular complexity index is 532. The third kappa shape index (κ3) is 3.84. The van der Waals surface area contributed by atoms with Gasteiger partial charge in [0.05, 0.1) is 12.5 Å². The molecule has 4 heteroatoms. The molecule has 1 nitrogen and oxygen atoms in total. The molecular weight excluding hydrogens is 265 g/mol. The van der Waals surface area contributed by atoms with E-state index in [9.17, 15) is 13.2 Å². The van der Waals surface area contributed by atoms with Crippen molar-refractivity contribution in [3.8, 4) is 11.1 Å². The minimum atomic E-state index is -4.24. The summed E-state index contributed by atoms with van der Waals surface area (Å²) >= 11 is 0. The second kappa shape index (κ2) is 6.09. The van der Waals surface area contributed by atoms with Crippen molar-refractivity contribution in [2.75, 3.05) is 7.11 Å². The number of halogens is 3. The lowest BCUT2D eigenvalue weighted by molar-refractivity contribution is -0.158. The SMILES string of the molecule is COC(CC(F)(F)F)c1ccc(-c2ccccc2)cc1. The molecule has 1 atom stereocenters. The molecule has 106 valence electrons. The van der Waals surface area contributed by atoms with Crippen molar-refractivity contribution in [3.05, 3.63) is 60.2 Å². The molecule has 0 aliphatic carbocycles. The molecule has 0 saturated heterocycles. The lowest BCUT2D eigenvalue weighted by Gasteiger charge is -2.18. The fourth-order valence-electron chi connectivity index (χ4n) is 2.07. The molecule has 2 rings (SSSR count). The molecule has 0 aliphatic heterocycles. The highest BCUT2D eigenvalue weighted by Crippen LogP contribution is 2.32. The number of hydrogen-bond acceptors (Lipinski definition) is 1. The average Bonchev–Trinajstić information content (AvgIpc) is 2.45. The summed E-state index contributed by atoms with van der Waals surface area (Å²) in [6.07, 6.45) is -6.17. The fourth-order valence-corrected chi connectivity index (χ4v) is 2.07. The van der Waals surface area contributed by atoms with Gasteiger partial charge in [-0.15, -0.1) is 0 Å². The second-order valence-corrected chi connectivity index (χ2v) is 4.53. The third-order valence-electron chi connectivity index (χ3n) is 3.09. The van der Waals surface area contributed by atoms with E-state index in [0.29, 0.717) is 5.56 Å². The highest BCUT2D eigenvalue weighted by Gasteiger charge is 2.32. The van der Waals surface area contributed by atoms with E-state index in [-0.39, 0.29) is 0 Å². The standard InChI is InChI=1S/C16H15F3O/c1-20-15(11-16(17,18)19)14-9-7-13(8-10-14)12-5-3-2-4-6-12/h2-10,15H,11H2,1H3. The van der Waals surface area contributed by atoms with Crippen LogP contribution in [0.2, 0.25) is 0 Å². The summed E-state index contributed by atoms with van der Waals surface area (Å²) in [5.74, 6) is 0. The minimum Gasteiger partial charge on any atom is -0.376 e. The van der Waals surface area contributed by atoms with Gasteiger partial charge in [-0.2, -0.15) is 13.2 Å². The first-order chi connectivity index (χ1) is 9.49. The Balaban J connectivity index is 2.19. The molecule has 0 amide bonds. The molecule has 0 bridgehead atoms. The van der Waals surface area contributed by atoms with Crippen molar-refractivity contribution in [2.24, 2.45) is 0 Å². The van der Waals surface area contributed by atoms with Crippen LogP contribution in [0.3, 0.4) is 0 Å². The molecule has 0 radical (unpaired) electrons. The van der Waals surface area contributed by atoms with Gasteiger partial charge in [0.15, 0.2) is 0 Å². The lowest BCUT2D eigenvalue weighted by Crippen LogP contribution is -2.15. The quantitative estimate of drug-likeness (QED) is 0.766. The molecule has 0 aliphatic rings. The van der Waals surface area contributed by atoms with Gasteiger partial charge in [0, 0.05) is 7.11 Å². The van der Waals surface area contributed by atoms with E-state index in [1.807, 2.05) is 42.5 Å². The van der Waals surface area contributed by atoms with E-state index in [0.717, 1.165) is 11.1 Å². The summed E-state index contributed by atoms with van der Waals surface area (Å²) in [7, 11) is 1.29. The van der Waals surface area contributed by atoms with E-state index in [2.05, 4.69) is 0 Å². The summed E-state index contributed by atoms with van der Waals surface area (Å²) in [4.78, 5) is 0.